The van der Waals surface area contributed by atoms with Gasteiger partial charge >= 0.3 is 16.4 Å². The molecule has 106 valence electrons. The zero-order valence-corrected chi connectivity index (χ0v) is 9.85. The highest BCUT2D eigenvalue weighted by Gasteiger charge is 2.50. The lowest BCUT2D eigenvalue weighted by Crippen LogP contribution is -2.61. The molecule has 0 aromatic heterocycles. The normalized spacial score (nSPS) is 37.4. The lowest BCUT2D eigenvalue weighted by Gasteiger charge is -2.39. The molecule has 0 radical (unpaired) electrons. The standard InChI is InChI=1S/C7H12O10S/c1-15-7-5(17-18(12,13)14)3(9)2(8)4(16-7)6(10)11/h2-5,7-9H,1H3,(H,10,11)(H,12,13,14)/t2-,3+,4?,5?,7+/m0/s1. The van der Waals surface area contributed by atoms with Crippen molar-refractivity contribution in [3.8, 4) is 0 Å². The van der Waals surface area contributed by atoms with Crippen LogP contribution in [0, 0.1) is 0 Å². The van der Waals surface area contributed by atoms with Crippen LogP contribution in [0.1, 0.15) is 0 Å². The molecule has 2 unspecified atom stereocenters. The summed E-state index contributed by atoms with van der Waals surface area (Å²) in [7, 11) is -3.90. The van der Waals surface area contributed by atoms with Crippen molar-refractivity contribution in [2.24, 2.45) is 0 Å². The highest BCUT2D eigenvalue weighted by molar-refractivity contribution is 7.80. The van der Waals surface area contributed by atoms with E-state index < -0.39 is 47.1 Å². The largest absolute Gasteiger partial charge is 0.479 e. The molecule has 0 saturated carbocycles. The molecule has 1 saturated heterocycles. The van der Waals surface area contributed by atoms with Gasteiger partial charge in [-0.3, -0.25) is 4.55 Å². The number of carboxylic acids is 1. The molecule has 1 fully saturated rings. The topological polar surface area (TPSA) is 160 Å². The number of carboxylic acid groups (broad SMARTS) is 1. The molecule has 4 N–H and O–H groups in total. The third-order valence-electron chi connectivity index (χ3n) is 2.25. The number of methoxy groups -OCH3 is 1. The Bertz CT molecular complexity index is 402. The zero-order valence-electron chi connectivity index (χ0n) is 9.03. The molecule has 0 spiro atoms. The molecule has 0 aromatic rings. The van der Waals surface area contributed by atoms with Gasteiger partial charge in [-0.1, -0.05) is 0 Å². The number of hydrogen-bond donors (Lipinski definition) is 4. The van der Waals surface area contributed by atoms with E-state index in [2.05, 4.69) is 8.92 Å². The predicted octanol–water partition coefficient (Wildman–Crippen LogP) is -2.65. The lowest BCUT2D eigenvalue weighted by atomic mass is 9.99. The van der Waals surface area contributed by atoms with Crippen LogP contribution >= 0.6 is 0 Å². The van der Waals surface area contributed by atoms with Gasteiger partial charge in [-0.25, -0.2) is 8.98 Å². The van der Waals surface area contributed by atoms with Gasteiger partial charge in [-0.15, -0.1) is 0 Å². The van der Waals surface area contributed by atoms with E-state index in [1.54, 1.807) is 0 Å². The SMILES string of the molecule is CO[C@@H]1OC(C(=O)O)[C@@H](O)[C@@H](O)C1OS(=O)(=O)O. The monoisotopic (exact) mass is 288 g/mol. The summed E-state index contributed by atoms with van der Waals surface area (Å²) in [5.74, 6) is -1.58. The van der Waals surface area contributed by atoms with Crippen LogP contribution in [0.5, 0.6) is 0 Å². The van der Waals surface area contributed by atoms with E-state index in [1.165, 1.54) is 0 Å². The van der Waals surface area contributed by atoms with Crippen LogP contribution in [0.2, 0.25) is 0 Å². The van der Waals surface area contributed by atoms with Crippen LogP contribution in [-0.4, -0.2) is 72.1 Å². The van der Waals surface area contributed by atoms with Gasteiger partial charge in [0.15, 0.2) is 18.5 Å². The fourth-order valence-corrected chi connectivity index (χ4v) is 1.96. The van der Waals surface area contributed by atoms with Crippen molar-refractivity contribution in [1.29, 1.82) is 0 Å². The van der Waals surface area contributed by atoms with Gasteiger partial charge in [0, 0.05) is 7.11 Å². The molecule has 11 heteroatoms. The minimum atomic E-state index is -4.94. The van der Waals surface area contributed by atoms with E-state index in [0.29, 0.717) is 0 Å². The summed E-state index contributed by atoms with van der Waals surface area (Å²) in [6.07, 6.45) is -9.08. The first kappa shape index (κ1) is 15.2. The van der Waals surface area contributed by atoms with Crippen molar-refractivity contribution >= 4 is 16.4 Å². The molecule has 5 atom stereocenters. The second kappa shape index (κ2) is 5.44. The second-order valence-electron chi connectivity index (χ2n) is 3.47. The number of carbonyl (C=O) groups is 1. The molecule has 0 bridgehead atoms. The number of aliphatic hydroxyl groups excluding tert-OH is 2. The minimum absolute atomic E-state index is 1.04. The van der Waals surface area contributed by atoms with Crippen molar-refractivity contribution < 1.29 is 46.7 Å². The van der Waals surface area contributed by atoms with Crippen LogP contribution in [0.25, 0.3) is 0 Å². The number of hydrogen-bond acceptors (Lipinski definition) is 8. The minimum Gasteiger partial charge on any atom is -0.479 e. The molecule has 10 nitrogen and oxygen atoms in total. The van der Waals surface area contributed by atoms with E-state index in [9.17, 15) is 23.4 Å². The molecule has 1 aliphatic rings. The second-order valence-corrected chi connectivity index (χ2v) is 4.52. The third-order valence-corrected chi connectivity index (χ3v) is 2.72. The van der Waals surface area contributed by atoms with Crippen LogP contribution in [-0.2, 0) is 28.9 Å². The van der Waals surface area contributed by atoms with Crippen molar-refractivity contribution in [1.82, 2.24) is 0 Å². The Labute approximate surface area is 102 Å². The Hall–Kier alpha value is -0.820. The summed E-state index contributed by atoms with van der Waals surface area (Å²) in [5, 5.41) is 27.7. The summed E-state index contributed by atoms with van der Waals surface area (Å²) in [4.78, 5) is 10.7. The van der Waals surface area contributed by atoms with Crippen molar-refractivity contribution in [3.05, 3.63) is 0 Å². The number of ether oxygens (including phenoxy) is 2. The van der Waals surface area contributed by atoms with Crippen molar-refractivity contribution in [3.63, 3.8) is 0 Å². The Morgan fingerprint density at radius 3 is 2.22 bits per heavy atom. The predicted molar refractivity (Wildman–Crippen MR) is 51.7 cm³/mol. The Morgan fingerprint density at radius 2 is 1.83 bits per heavy atom. The number of rotatable bonds is 4. The van der Waals surface area contributed by atoms with Gasteiger partial charge in [0.1, 0.15) is 12.2 Å². The molecule has 0 amide bonds. The summed E-state index contributed by atoms with van der Waals surface area (Å²) < 4.78 is 42.9. The fraction of sp³-hybridized carbons (Fsp3) is 0.857. The maximum atomic E-state index is 10.7. The van der Waals surface area contributed by atoms with Crippen LogP contribution in [0.15, 0.2) is 0 Å². The highest BCUT2D eigenvalue weighted by atomic mass is 32.3. The van der Waals surface area contributed by atoms with Crippen molar-refractivity contribution in [2.75, 3.05) is 7.11 Å². The highest BCUT2D eigenvalue weighted by Crippen LogP contribution is 2.25. The van der Waals surface area contributed by atoms with Gasteiger partial charge in [-0.05, 0) is 0 Å². The molecule has 0 aliphatic carbocycles. The third kappa shape index (κ3) is 3.35. The lowest BCUT2D eigenvalue weighted by molar-refractivity contribution is -0.281. The summed E-state index contributed by atoms with van der Waals surface area (Å²) in [5.41, 5.74) is 0. The Kier molecular flexibility index (Phi) is 4.61. The average molecular weight is 288 g/mol. The molecule has 1 aliphatic heterocycles. The molecule has 1 heterocycles. The smallest absolute Gasteiger partial charge is 0.397 e. The first-order valence-electron chi connectivity index (χ1n) is 4.60. The summed E-state index contributed by atoms with van der Waals surface area (Å²) in [6, 6.07) is 0. The Balaban J connectivity index is 2.95. The van der Waals surface area contributed by atoms with E-state index in [1.807, 2.05) is 0 Å². The quantitative estimate of drug-likeness (QED) is 0.402. The molecule has 0 aromatic carbocycles. The molecular formula is C7H12O10S. The van der Waals surface area contributed by atoms with Crippen molar-refractivity contribution in [2.45, 2.75) is 30.7 Å². The summed E-state index contributed by atoms with van der Waals surface area (Å²) in [6.45, 7) is 0. The first-order valence-corrected chi connectivity index (χ1v) is 5.96. The number of aliphatic carboxylic acids is 1. The first-order chi connectivity index (χ1) is 8.17. The van der Waals surface area contributed by atoms with Gasteiger partial charge in [0.25, 0.3) is 0 Å². The maximum Gasteiger partial charge on any atom is 0.397 e. The van der Waals surface area contributed by atoms with Gasteiger partial charge in [0.2, 0.25) is 0 Å². The molecule has 1 rings (SSSR count). The molecular weight excluding hydrogens is 276 g/mol. The van der Waals surface area contributed by atoms with Crippen LogP contribution < -0.4 is 0 Å². The van der Waals surface area contributed by atoms with Crippen LogP contribution in [0.4, 0.5) is 0 Å². The van der Waals surface area contributed by atoms with E-state index in [0.717, 1.165) is 7.11 Å². The maximum absolute atomic E-state index is 10.7. The van der Waals surface area contributed by atoms with Gasteiger partial charge in [-0.2, -0.15) is 8.42 Å². The average Bonchev–Trinajstić information content (AvgIpc) is 2.23. The fourth-order valence-electron chi connectivity index (χ4n) is 1.47. The molecule has 18 heavy (non-hydrogen) atoms. The Morgan fingerprint density at radius 1 is 1.28 bits per heavy atom. The zero-order chi connectivity index (χ0) is 14.1. The van der Waals surface area contributed by atoms with Crippen LogP contribution in [0.3, 0.4) is 0 Å². The van der Waals surface area contributed by atoms with E-state index in [4.69, 9.17) is 14.4 Å². The summed E-state index contributed by atoms with van der Waals surface area (Å²) >= 11 is 0. The van der Waals surface area contributed by atoms with E-state index >= 15 is 0 Å². The van der Waals surface area contributed by atoms with Gasteiger partial charge < -0.3 is 24.8 Å². The number of aliphatic hydroxyl groups is 2. The van der Waals surface area contributed by atoms with Gasteiger partial charge in [0.05, 0.1) is 0 Å². The van der Waals surface area contributed by atoms with E-state index in [-0.39, 0.29) is 0 Å².